The van der Waals surface area contributed by atoms with E-state index in [1.807, 2.05) is 30.3 Å². The fourth-order valence-electron chi connectivity index (χ4n) is 2.88. The lowest BCUT2D eigenvalue weighted by Crippen LogP contribution is -2.04. The van der Waals surface area contributed by atoms with Gasteiger partial charge in [-0.25, -0.2) is 9.37 Å². The van der Waals surface area contributed by atoms with Crippen LogP contribution in [0.2, 0.25) is 0 Å². The van der Waals surface area contributed by atoms with Gasteiger partial charge in [-0.2, -0.15) is 0 Å². The maximum Gasteiger partial charge on any atom is 0.125 e. The standard InChI is InChI=1S/C19H17FN4/c20-13-7-8-14-15(9-11-22-18(14)12-13)21-10-3-6-19-23-16-4-1-2-5-17(16)24-19/h1-2,4-5,7-9,11-12H,3,6,10H2,(H,21,22)(H,23,24). The minimum atomic E-state index is -0.267. The Morgan fingerprint density at radius 3 is 2.88 bits per heavy atom. The van der Waals surface area contributed by atoms with Gasteiger partial charge in [-0.3, -0.25) is 4.98 Å². The van der Waals surface area contributed by atoms with E-state index < -0.39 is 0 Å². The minimum Gasteiger partial charge on any atom is -0.384 e. The Labute approximate surface area is 138 Å². The normalized spacial score (nSPS) is 11.2. The largest absolute Gasteiger partial charge is 0.384 e. The van der Waals surface area contributed by atoms with Crippen LogP contribution in [0.1, 0.15) is 12.2 Å². The van der Waals surface area contributed by atoms with Crippen LogP contribution < -0.4 is 5.32 Å². The highest BCUT2D eigenvalue weighted by Crippen LogP contribution is 2.22. The van der Waals surface area contributed by atoms with Crippen LogP contribution in [-0.2, 0) is 6.42 Å². The van der Waals surface area contributed by atoms with Gasteiger partial charge in [-0.1, -0.05) is 12.1 Å². The number of fused-ring (bicyclic) bond motifs is 2. The molecule has 24 heavy (non-hydrogen) atoms. The number of imidazole rings is 1. The Bertz CT molecular complexity index is 960. The zero-order chi connectivity index (χ0) is 16.4. The number of hydrogen-bond acceptors (Lipinski definition) is 3. The summed E-state index contributed by atoms with van der Waals surface area (Å²) in [6.45, 7) is 0.813. The van der Waals surface area contributed by atoms with Gasteiger partial charge in [0.25, 0.3) is 0 Å². The molecule has 0 unspecified atom stereocenters. The maximum absolute atomic E-state index is 13.3. The number of pyridine rings is 1. The van der Waals surface area contributed by atoms with Crippen molar-refractivity contribution in [3.63, 3.8) is 0 Å². The molecule has 0 radical (unpaired) electrons. The SMILES string of the molecule is Fc1ccc2c(NCCCc3nc4ccccc4[nH]3)ccnc2c1. The van der Waals surface area contributed by atoms with E-state index >= 15 is 0 Å². The molecule has 0 amide bonds. The van der Waals surface area contributed by atoms with E-state index in [0.717, 1.165) is 47.3 Å². The van der Waals surface area contributed by atoms with Gasteiger partial charge in [-0.15, -0.1) is 0 Å². The number of rotatable bonds is 5. The van der Waals surface area contributed by atoms with Crippen LogP contribution >= 0.6 is 0 Å². The van der Waals surface area contributed by atoms with Gasteiger partial charge in [0.05, 0.1) is 16.6 Å². The van der Waals surface area contributed by atoms with Gasteiger partial charge in [0.2, 0.25) is 0 Å². The Morgan fingerprint density at radius 2 is 1.96 bits per heavy atom. The van der Waals surface area contributed by atoms with Gasteiger partial charge < -0.3 is 10.3 Å². The van der Waals surface area contributed by atoms with E-state index in [2.05, 4.69) is 20.3 Å². The molecule has 0 spiro atoms. The molecular weight excluding hydrogens is 303 g/mol. The van der Waals surface area contributed by atoms with Crippen molar-refractivity contribution in [3.05, 3.63) is 66.4 Å². The molecule has 0 bridgehead atoms. The summed E-state index contributed by atoms with van der Waals surface area (Å²) in [7, 11) is 0. The third-order valence-corrected chi connectivity index (χ3v) is 4.05. The van der Waals surface area contributed by atoms with Crippen LogP contribution in [-0.4, -0.2) is 21.5 Å². The summed E-state index contributed by atoms with van der Waals surface area (Å²) in [6.07, 6.45) is 3.52. The van der Waals surface area contributed by atoms with Gasteiger partial charge in [0.1, 0.15) is 11.6 Å². The molecule has 0 saturated carbocycles. The first-order valence-corrected chi connectivity index (χ1v) is 8.01. The summed E-state index contributed by atoms with van der Waals surface area (Å²) in [6, 6.07) is 14.6. The molecule has 0 fully saturated rings. The van der Waals surface area contributed by atoms with E-state index in [9.17, 15) is 4.39 Å². The van der Waals surface area contributed by atoms with Gasteiger partial charge in [0.15, 0.2) is 0 Å². The number of nitrogens with zero attached hydrogens (tertiary/aromatic N) is 2. The Hall–Kier alpha value is -2.95. The monoisotopic (exact) mass is 320 g/mol. The molecule has 2 N–H and O–H groups in total. The number of nitrogens with one attached hydrogen (secondary N) is 2. The summed E-state index contributed by atoms with van der Waals surface area (Å²) in [5.41, 5.74) is 3.71. The zero-order valence-electron chi connectivity index (χ0n) is 13.1. The smallest absolute Gasteiger partial charge is 0.125 e. The molecule has 0 aliphatic heterocycles. The number of halogens is 1. The van der Waals surface area contributed by atoms with Crippen molar-refractivity contribution in [2.24, 2.45) is 0 Å². The van der Waals surface area contributed by atoms with Crippen molar-refractivity contribution in [2.75, 3.05) is 11.9 Å². The van der Waals surface area contributed by atoms with Crippen LogP contribution in [0.25, 0.3) is 21.9 Å². The fourth-order valence-corrected chi connectivity index (χ4v) is 2.88. The molecule has 4 nitrogen and oxygen atoms in total. The molecule has 4 aromatic rings. The number of aromatic amines is 1. The Morgan fingerprint density at radius 1 is 1.04 bits per heavy atom. The first-order valence-electron chi connectivity index (χ1n) is 8.01. The van der Waals surface area contributed by atoms with E-state index in [4.69, 9.17) is 0 Å². The molecule has 2 aromatic heterocycles. The summed E-state index contributed by atoms with van der Waals surface area (Å²) in [5, 5.41) is 4.34. The summed E-state index contributed by atoms with van der Waals surface area (Å²) < 4.78 is 13.3. The number of aromatic nitrogens is 3. The molecule has 0 saturated heterocycles. The van der Waals surface area contributed by atoms with Crippen molar-refractivity contribution in [3.8, 4) is 0 Å². The molecule has 0 aliphatic rings. The second-order valence-corrected chi connectivity index (χ2v) is 5.75. The van der Waals surface area contributed by atoms with Crippen molar-refractivity contribution in [1.82, 2.24) is 15.0 Å². The van der Waals surface area contributed by atoms with Gasteiger partial charge in [-0.05, 0) is 36.8 Å². The van der Waals surface area contributed by atoms with Crippen molar-refractivity contribution in [1.29, 1.82) is 0 Å². The van der Waals surface area contributed by atoms with Gasteiger partial charge in [0, 0.05) is 36.3 Å². The van der Waals surface area contributed by atoms with Gasteiger partial charge >= 0.3 is 0 Å². The molecule has 0 aliphatic carbocycles. The number of para-hydroxylation sites is 2. The summed E-state index contributed by atoms with van der Waals surface area (Å²) >= 11 is 0. The van der Waals surface area contributed by atoms with E-state index in [-0.39, 0.29) is 5.82 Å². The van der Waals surface area contributed by atoms with Crippen LogP contribution in [0.4, 0.5) is 10.1 Å². The minimum absolute atomic E-state index is 0.267. The number of hydrogen-bond donors (Lipinski definition) is 2. The van der Waals surface area contributed by atoms with Crippen LogP contribution in [0.15, 0.2) is 54.7 Å². The Kier molecular flexibility index (Phi) is 3.83. The topological polar surface area (TPSA) is 53.6 Å². The van der Waals surface area contributed by atoms with E-state index in [1.54, 1.807) is 12.3 Å². The molecule has 0 atom stereocenters. The number of H-pyrrole nitrogens is 1. The number of anilines is 1. The third-order valence-electron chi connectivity index (χ3n) is 4.05. The highest BCUT2D eigenvalue weighted by molar-refractivity contribution is 5.90. The van der Waals surface area contributed by atoms with E-state index in [0.29, 0.717) is 5.52 Å². The van der Waals surface area contributed by atoms with Crippen molar-refractivity contribution >= 4 is 27.6 Å². The quantitative estimate of drug-likeness (QED) is 0.539. The second-order valence-electron chi connectivity index (χ2n) is 5.75. The van der Waals surface area contributed by atoms with Crippen LogP contribution in [0, 0.1) is 5.82 Å². The van der Waals surface area contributed by atoms with Crippen LogP contribution in [0.5, 0.6) is 0 Å². The second kappa shape index (κ2) is 6.28. The fraction of sp³-hybridized carbons (Fsp3) is 0.158. The third kappa shape index (κ3) is 2.93. The zero-order valence-corrected chi connectivity index (χ0v) is 13.1. The first kappa shape index (κ1) is 14.6. The molecular formula is C19H17FN4. The van der Waals surface area contributed by atoms with Crippen LogP contribution in [0.3, 0.4) is 0 Å². The predicted molar refractivity (Wildman–Crippen MR) is 94.6 cm³/mol. The summed E-state index contributed by atoms with van der Waals surface area (Å²) in [5.74, 6) is 0.733. The lowest BCUT2D eigenvalue weighted by atomic mass is 10.2. The number of benzene rings is 2. The number of aryl methyl sites for hydroxylation is 1. The maximum atomic E-state index is 13.3. The highest BCUT2D eigenvalue weighted by atomic mass is 19.1. The lowest BCUT2D eigenvalue weighted by Gasteiger charge is -2.09. The highest BCUT2D eigenvalue weighted by Gasteiger charge is 2.04. The molecule has 120 valence electrons. The first-order chi connectivity index (χ1) is 11.8. The molecule has 5 heteroatoms. The average Bonchev–Trinajstić information content (AvgIpc) is 3.01. The Balaban J connectivity index is 1.40. The van der Waals surface area contributed by atoms with Crippen molar-refractivity contribution in [2.45, 2.75) is 12.8 Å². The average molecular weight is 320 g/mol. The summed E-state index contributed by atoms with van der Waals surface area (Å²) in [4.78, 5) is 12.1. The van der Waals surface area contributed by atoms with Crippen molar-refractivity contribution < 1.29 is 4.39 Å². The molecule has 4 rings (SSSR count). The molecule has 2 aromatic carbocycles. The lowest BCUT2D eigenvalue weighted by molar-refractivity contribution is 0.629. The molecule has 2 heterocycles. The predicted octanol–water partition coefficient (Wildman–Crippen LogP) is 4.29. The van der Waals surface area contributed by atoms with E-state index in [1.165, 1.54) is 12.1 Å².